The van der Waals surface area contributed by atoms with Gasteiger partial charge < -0.3 is 14.8 Å². The van der Waals surface area contributed by atoms with Crippen molar-refractivity contribution in [2.75, 3.05) is 18.5 Å². The summed E-state index contributed by atoms with van der Waals surface area (Å²) in [5, 5.41) is 3.27. The van der Waals surface area contributed by atoms with E-state index in [2.05, 4.69) is 5.32 Å². The zero-order valence-electron chi connectivity index (χ0n) is 15.6. The fourth-order valence-corrected chi connectivity index (χ4v) is 3.11. The summed E-state index contributed by atoms with van der Waals surface area (Å²) in [4.78, 5) is 12.5. The molecule has 0 fully saturated rings. The van der Waals surface area contributed by atoms with Crippen molar-refractivity contribution in [1.82, 2.24) is 0 Å². The fourth-order valence-electron chi connectivity index (χ4n) is 2.88. The lowest BCUT2D eigenvalue weighted by Gasteiger charge is -2.19. The minimum Gasteiger partial charge on any atom is -0.490 e. The standard InChI is InChI=1S/C23H22ClNO3/c1-2-27-23-19(24)14-9-15-20(23)25-21(26)16-28-22(17-10-5-3-6-11-17)18-12-7-4-8-13-18/h3-15,22H,2,16H2,1H3,(H,25,26). The molecule has 3 rings (SSSR count). The van der Waals surface area contributed by atoms with E-state index < -0.39 is 0 Å². The van der Waals surface area contributed by atoms with Crippen LogP contribution in [0.15, 0.2) is 78.9 Å². The van der Waals surface area contributed by atoms with Gasteiger partial charge in [-0.15, -0.1) is 0 Å². The normalized spacial score (nSPS) is 10.7. The number of amides is 1. The summed E-state index contributed by atoms with van der Waals surface area (Å²) in [6, 6.07) is 24.9. The van der Waals surface area contributed by atoms with Crippen LogP contribution in [-0.4, -0.2) is 19.1 Å². The first-order valence-electron chi connectivity index (χ1n) is 9.11. The van der Waals surface area contributed by atoms with Crippen molar-refractivity contribution in [2.24, 2.45) is 0 Å². The van der Waals surface area contributed by atoms with Crippen LogP contribution in [-0.2, 0) is 9.53 Å². The highest BCUT2D eigenvalue weighted by atomic mass is 35.5. The Kier molecular flexibility index (Phi) is 7.06. The Labute approximate surface area is 170 Å². The lowest BCUT2D eigenvalue weighted by molar-refractivity contribution is -0.121. The number of hydrogen-bond donors (Lipinski definition) is 1. The third-order valence-electron chi connectivity index (χ3n) is 4.12. The molecule has 0 aliphatic rings. The molecule has 1 amide bonds. The monoisotopic (exact) mass is 395 g/mol. The van der Waals surface area contributed by atoms with Gasteiger partial charge >= 0.3 is 0 Å². The number of carbonyl (C=O) groups excluding carboxylic acids is 1. The molecule has 5 heteroatoms. The molecule has 0 saturated heterocycles. The van der Waals surface area contributed by atoms with Gasteiger partial charge in [-0.1, -0.05) is 78.3 Å². The second kappa shape index (κ2) is 9.93. The first-order chi connectivity index (χ1) is 13.7. The third kappa shape index (κ3) is 5.12. The average Bonchev–Trinajstić information content (AvgIpc) is 2.72. The molecule has 0 heterocycles. The van der Waals surface area contributed by atoms with E-state index in [1.165, 1.54) is 0 Å². The van der Waals surface area contributed by atoms with Crippen molar-refractivity contribution in [3.05, 3.63) is 95.0 Å². The van der Waals surface area contributed by atoms with E-state index in [1.807, 2.05) is 67.6 Å². The number of ether oxygens (including phenoxy) is 2. The van der Waals surface area contributed by atoms with Crippen molar-refractivity contribution < 1.29 is 14.3 Å². The summed E-state index contributed by atoms with van der Waals surface area (Å²) in [5.74, 6) is 0.183. The molecule has 0 bridgehead atoms. The average molecular weight is 396 g/mol. The van der Waals surface area contributed by atoms with Crippen LogP contribution in [0.5, 0.6) is 5.75 Å². The van der Waals surface area contributed by atoms with E-state index >= 15 is 0 Å². The van der Waals surface area contributed by atoms with E-state index in [0.29, 0.717) is 23.1 Å². The molecular formula is C23H22ClNO3. The maximum Gasteiger partial charge on any atom is 0.250 e. The van der Waals surface area contributed by atoms with Gasteiger partial charge in [0.05, 0.1) is 17.3 Å². The Morgan fingerprint density at radius 2 is 1.54 bits per heavy atom. The van der Waals surface area contributed by atoms with Gasteiger partial charge in [0.15, 0.2) is 5.75 Å². The molecule has 0 atom stereocenters. The maximum atomic E-state index is 12.5. The molecule has 1 N–H and O–H groups in total. The second-order valence-electron chi connectivity index (χ2n) is 6.11. The number of nitrogens with one attached hydrogen (secondary N) is 1. The first kappa shape index (κ1) is 19.9. The van der Waals surface area contributed by atoms with Crippen molar-refractivity contribution in [3.63, 3.8) is 0 Å². The highest BCUT2D eigenvalue weighted by Crippen LogP contribution is 2.33. The van der Waals surface area contributed by atoms with Crippen LogP contribution in [0.2, 0.25) is 5.02 Å². The van der Waals surface area contributed by atoms with Gasteiger partial charge in [0.2, 0.25) is 0 Å². The highest BCUT2D eigenvalue weighted by Gasteiger charge is 2.17. The molecule has 3 aromatic rings. The molecule has 28 heavy (non-hydrogen) atoms. The van der Waals surface area contributed by atoms with Gasteiger partial charge in [0, 0.05) is 0 Å². The van der Waals surface area contributed by atoms with Crippen molar-refractivity contribution in [3.8, 4) is 5.75 Å². The summed E-state index contributed by atoms with van der Waals surface area (Å²) in [6.07, 6.45) is -0.334. The summed E-state index contributed by atoms with van der Waals surface area (Å²) < 4.78 is 11.5. The zero-order valence-corrected chi connectivity index (χ0v) is 16.4. The van der Waals surface area contributed by atoms with Crippen molar-refractivity contribution >= 4 is 23.2 Å². The summed E-state index contributed by atoms with van der Waals surface area (Å²) in [5.41, 5.74) is 2.50. The number of carbonyl (C=O) groups is 1. The molecule has 4 nitrogen and oxygen atoms in total. The number of rotatable bonds is 8. The van der Waals surface area contributed by atoms with Crippen LogP contribution in [0.1, 0.15) is 24.2 Å². The Hall–Kier alpha value is -2.82. The molecule has 0 aliphatic carbocycles. The largest absolute Gasteiger partial charge is 0.490 e. The van der Waals surface area contributed by atoms with Crippen molar-refractivity contribution in [1.29, 1.82) is 0 Å². The number of anilines is 1. The van der Waals surface area contributed by atoms with Crippen LogP contribution in [0.3, 0.4) is 0 Å². The van der Waals surface area contributed by atoms with Gasteiger partial charge in [0.25, 0.3) is 5.91 Å². The smallest absolute Gasteiger partial charge is 0.250 e. The highest BCUT2D eigenvalue weighted by molar-refractivity contribution is 6.32. The van der Waals surface area contributed by atoms with E-state index in [9.17, 15) is 4.79 Å². The van der Waals surface area contributed by atoms with Gasteiger partial charge in [-0.25, -0.2) is 0 Å². The minimum absolute atomic E-state index is 0.105. The van der Waals surface area contributed by atoms with Gasteiger partial charge in [-0.05, 0) is 30.2 Å². The van der Waals surface area contributed by atoms with E-state index in [4.69, 9.17) is 21.1 Å². The van der Waals surface area contributed by atoms with Gasteiger partial charge in [-0.2, -0.15) is 0 Å². The van der Waals surface area contributed by atoms with E-state index in [1.54, 1.807) is 18.2 Å². The molecule has 0 aromatic heterocycles. The minimum atomic E-state index is -0.334. The fraction of sp³-hybridized carbons (Fsp3) is 0.174. The quantitative estimate of drug-likeness (QED) is 0.549. The number of benzene rings is 3. The molecule has 0 saturated carbocycles. The Morgan fingerprint density at radius 1 is 0.929 bits per heavy atom. The molecule has 0 aliphatic heterocycles. The zero-order chi connectivity index (χ0) is 19.8. The second-order valence-corrected chi connectivity index (χ2v) is 6.52. The van der Waals surface area contributed by atoms with E-state index in [-0.39, 0.29) is 18.6 Å². The molecular weight excluding hydrogens is 374 g/mol. The lowest BCUT2D eigenvalue weighted by atomic mass is 10.0. The summed E-state index contributed by atoms with van der Waals surface area (Å²) >= 11 is 6.17. The molecule has 144 valence electrons. The maximum absolute atomic E-state index is 12.5. The van der Waals surface area contributed by atoms with Crippen LogP contribution < -0.4 is 10.1 Å². The predicted molar refractivity (Wildman–Crippen MR) is 112 cm³/mol. The van der Waals surface area contributed by atoms with Crippen LogP contribution in [0, 0.1) is 0 Å². The third-order valence-corrected chi connectivity index (χ3v) is 4.41. The van der Waals surface area contributed by atoms with Gasteiger partial charge in [-0.3, -0.25) is 4.79 Å². The molecule has 3 aromatic carbocycles. The van der Waals surface area contributed by atoms with Crippen LogP contribution >= 0.6 is 11.6 Å². The SMILES string of the molecule is CCOc1c(Cl)cccc1NC(=O)COC(c1ccccc1)c1ccccc1. The van der Waals surface area contributed by atoms with Crippen LogP contribution in [0.4, 0.5) is 5.69 Å². The van der Waals surface area contributed by atoms with Crippen LogP contribution in [0.25, 0.3) is 0 Å². The Bertz CT molecular complexity index is 861. The summed E-state index contributed by atoms with van der Waals surface area (Å²) in [6.45, 7) is 2.21. The Balaban J connectivity index is 1.72. The molecule has 0 spiro atoms. The number of halogens is 1. The topological polar surface area (TPSA) is 47.6 Å². The van der Waals surface area contributed by atoms with Crippen molar-refractivity contribution in [2.45, 2.75) is 13.0 Å². The van der Waals surface area contributed by atoms with E-state index in [0.717, 1.165) is 11.1 Å². The Morgan fingerprint density at radius 3 is 2.11 bits per heavy atom. The number of hydrogen-bond acceptors (Lipinski definition) is 3. The number of para-hydroxylation sites is 1. The van der Waals surface area contributed by atoms with Gasteiger partial charge in [0.1, 0.15) is 12.7 Å². The molecule has 0 unspecified atom stereocenters. The molecule has 0 radical (unpaired) electrons. The summed E-state index contributed by atoms with van der Waals surface area (Å²) in [7, 11) is 0. The lowest BCUT2D eigenvalue weighted by Crippen LogP contribution is -2.21. The first-order valence-corrected chi connectivity index (χ1v) is 9.49. The predicted octanol–water partition coefficient (Wildman–Crippen LogP) is 5.48.